The van der Waals surface area contributed by atoms with Gasteiger partial charge >= 0.3 is 6.03 Å². The Labute approximate surface area is 75.9 Å². The number of fused-ring (bicyclic) bond motifs is 1. The lowest BCUT2D eigenvalue weighted by Gasteiger charge is -2.33. The van der Waals surface area contributed by atoms with Crippen LogP contribution in [0, 0.1) is 0 Å². The third kappa shape index (κ3) is 1.10. The van der Waals surface area contributed by atoms with Crippen LogP contribution in [0.4, 0.5) is 4.79 Å². The van der Waals surface area contributed by atoms with Gasteiger partial charge in [-0.2, -0.15) is 0 Å². The fraction of sp³-hybridized carbons (Fsp3) is 0.714. The van der Waals surface area contributed by atoms with Crippen LogP contribution in [0.25, 0.3) is 0 Å². The molecule has 0 aliphatic carbocycles. The second-order valence-electron chi connectivity index (χ2n) is 3.39. The fourth-order valence-corrected chi connectivity index (χ4v) is 1.70. The minimum Gasteiger partial charge on any atom is -0.320 e. The summed E-state index contributed by atoms with van der Waals surface area (Å²) in [4.78, 5) is 25.8. The monoisotopic (exact) mass is 184 g/mol. The van der Waals surface area contributed by atoms with E-state index in [2.05, 4.69) is 10.6 Å². The SMILES string of the molecule is CN1C(=O)NC2NCN(C)C2C1=O. The van der Waals surface area contributed by atoms with Crippen molar-refractivity contribution in [1.82, 2.24) is 20.4 Å². The van der Waals surface area contributed by atoms with Gasteiger partial charge in [0, 0.05) is 7.05 Å². The summed E-state index contributed by atoms with van der Waals surface area (Å²) in [5.74, 6) is -0.152. The van der Waals surface area contributed by atoms with Crippen molar-refractivity contribution >= 4 is 11.9 Å². The van der Waals surface area contributed by atoms with E-state index < -0.39 is 0 Å². The molecule has 2 aliphatic heterocycles. The number of carbonyl (C=O) groups excluding carboxylic acids is 2. The molecule has 6 nitrogen and oxygen atoms in total. The fourth-order valence-electron chi connectivity index (χ4n) is 1.70. The number of likely N-dealkylation sites (N-methyl/N-ethyl adjacent to an activating group) is 2. The zero-order valence-electron chi connectivity index (χ0n) is 7.57. The number of amides is 3. The van der Waals surface area contributed by atoms with Crippen molar-refractivity contribution in [2.24, 2.45) is 0 Å². The Morgan fingerprint density at radius 1 is 1.38 bits per heavy atom. The summed E-state index contributed by atoms with van der Waals surface area (Å²) in [6.07, 6.45) is -0.235. The smallest absolute Gasteiger partial charge is 0.320 e. The van der Waals surface area contributed by atoms with Gasteiger partial charge in [-0.15, -0.1) is 0 Å². The number of urea groups is 1. The number of carbonyl (C=O) groups is 2. The van der Waals surface area contributed by atoms with E-state index in [1.165, 1.54) is 7.05 Å². The number of nitrogens with one attached hydrogen (secondary N) is 2. The standard InChI is InChI=1S/C7H12N4O2/c1-10-3-8-5-4(10)6(12)11(2)7(13)9-5/h4-5,8H,3H2,1-2H3,(H,9,13). The molecule has 0 aromatic rings. The van der Waals surface area contributed by atoms with Crippen LogP contribution in [-0.2, 0) is 4.79 Å². The Bertz CT molecular complexity index is 267. The zero-order chi connectivity index (χ0) is 9.59. The maximum atomic E-state index is 11.6. The van der Waals surface area contributed by atoms with E-state index in [4.69, 9.17) is 0 Å². The summed E-state index contributed by atoms with van der Waals surface area (Å²) in [7, 11) is 3.33. The van der Waals surface area contributed by atoms with Crippen LogP contribution in [0.3, 0.4) is 0 Å². The normalized spacial score (nSPS) is 34.8. The third-order valence-corrected chi connectivity index (χ3v) is 2.52. The molecule has 0 bridgehead atoms. The van der Waals surface area contributed by atoms with Gasteiger partial charge in [0.15, 0.2) is 0 Å². The Kier molecular flexibility index (Phi) is 1.74. The Balaban J connectivity index is 2.24. The molecule has 13 heavy (non-hydrogen) atoms. The molecule has 2 heterocycles. The quantitative estimate of drug-likeness (QED) is 0.473. The van der Waals surface area contributed by atoms with E-state index in [9.17, 15) is 9.59 Å². The predicted octanol–water partition coefficient (Wildman–Crippen LogP) is -1.64. The predicted molar refractivity (Wildman–Crippen MR) is 44.6 cm³/mol. The maximum absolute atomic E-state index is 11.6. The summed E-state index contributed by atoms with van der Waals surface area (Å²) in [6.45, 7) is 0.620. The largest absolute Gasteiger partial charge is 0.325 e. The molecule has 0 aromatic heterocycles. The molecule has 2 fully saturated rings. The highest BCUT2D eigenvalue weighted by atomic mass is 16.2. The van der Waals surface area contributed by atoms with Crippen molar-refractivity contribution < 1.29 is 9.59 Å². The first kappa shape index (κ1) is 8.46. The molecule has 2 aliphatic rings. The molecule has 0 spiro atoms. The lowest BCUT2D eigenvalue weighted by molar-refractivity contribution is -0.133. The number of rotatable bonds is 0. The second-order valence-corrected chi connectivity index (χ2v) is 3.39. The summed E-state index contributed by atoms with van der Waals surface area (Å²) in [5.41, 5.74) is 0. The Morgan fingerprint density at radius 2 is 2.08 bits per heavy atom. The molecule has 72 valence electrons. The molecule has 0 aromatic carbocycles. The van der Waals surface area contributed by atoms with Crippen LogP contribution in [-0.4, -0.2) is 54.7 Å². The molecule has 0 saturated carbocycles. The summed E-state index contributed by atoms with van der Waals surface area (Å²) in [6, 6.07) is -0.600. The lowest BCUT2D eigenvalue weighted by atomic mass is 10.1. The first-order chi connectivity index (χ1) is 6.11. The van der Waals surface area contributed by atoms with Gasteiger partial charge in [0.1, 0.15) is 12.2 Å². The molecule has 2 atom stereocenters. The Hall–Kier alpha value is -1.14. The molecule has 0 radical (unpaired) electrons. The lowest BCUT2D eigenvalue weighted by Crippen LogP contribution is -2.64. The van der Waals surface area contributed by atoms with Crippen molar-refractivity contribution in [1.29, 1.82) is 0 Å². The van der Waals surface area contributed by atoms with E-state index in [1.54, 1.807) is 0 Å². The van der Waals surface area contributed by atoms with E-state index in [-0.39, 0.29) is 24.1 Å². The van der Waals surface area contributed by atoms with Gasteiger partial charge in [-0.3, -0.25) is 19.9 Å². The molecular weight excluding hydrogens is 172 g/mol. The second kappa shape index (κ2) is 2.68. The van der Waals surface area contributed by atoms with E-state index in [0.717, 1.165) is 4.90 Å². The molecule has 2 N–H and O–H groups in total. The Morgan fingerprint density at radius 3 is 2.77 bits per heavy atom. The van der Waals surface area contributed by atoms with Crippen molar-refractivity contribution in [3.8, 4) is 0 Å². The van der Waals surface area contributed by atoms with Gasteiger partial charge in [0.2, 0.25) is 0 Å². The number of hydrogen-bond acceptors (Lipinski definition) is 4. The van der Waals surface area contributed by atoms with Crippen LogP contribution >= 0.6 is 0 Å². The van der Waals surface area contributed by atoms with Crippen LogP contribution in [0.2, 0.25) is 0 Å². The minimum atomic E-state index is -0.339. The first-order valence-corrected chi connectivity index (χ1v) is 4.13. The van der Waals surface area contributed by atoms with E-state index in [0.29, 0.717) is 6.67 Å². The average Bonchev–Trinajstić information content (AvgIpc) is 2.43. The summed E-state index contributed by atoms with van der Waals surface area (Å²) >= 11 is 0. The highest BCUT2D eigenvalue weighted by Crippen LogP contribution is 2.14. The van der Waals surface area contributed by atoms with Crippen molar-refractivity contribution in [2.45, 2.75) is 12.2 Å². The van der Waals surface area contributed by atoms with E-state index >= 15 is 0 Å². The highest BCUT2D eigenvalue weighted by Gasteiger charge is 2.44. The number of imide groups is 1. The van der Waals surface area contributed by atoms with Crippen molar-refractivity contribution in [3.05, 3.63) is 0 Å². The van der Waals surface area contributed by atoms with Crippen molar-refractivity contribution in [2.75, 3.05) is 20.8 Å². The van der Waals surface area contributed by atoms with Crippen LogP contribution in [0.5, 0.6) is 0 Å². The van der Waals surface area contributed by atoms with Gasteiger partial charge in [0.05, 0.1) is 6.67 Å². The van der Waals surface area contributed by atoms with Gasteiger partial charge < -0.3 is 5.32 Å². The van der Waals surface area contributed by atoms with Crippen LogP contribution < -0.4 is 10.6 Å². The topological polar surface area (TPSA) is 64.7 Å². The van der Waals surface area contributed by atoms with E-state index in [1.807, 2.05) is 11.9 Å². The summed E-state index contributed by atoms with van der Waals surface area (Å²) in [5, 5.41) is 5.74. The number of nitrogens with zero attached hydrogens (tertiary/aromatic N) is 2. The average molecular weight is 184 g/mol. The van der Waals surface area contributed by atoms with Crippen LogP contribution in [0.1, 0.15) is 0 Å². The molecular formula is C7H12N4O2. The minimum absolute atomic E-state index is 0.152. The molecule has 3 amide bonds. The van der Waals surface area contributed by atoms with Gasteiger partial charge in [-0.1, -0.05) is 0 Å². The van der Waals surface area contributed by atoms with Gasteiger partial charge in [0.25, 0.3) is 5.91 Å². The van der Waals surface area contributed by atoms with Gasteiger partial charge in [-0.05, 0) is 7.05 Å². The van der Waals surface area contributed by atoms with Crippen molar-refractivity contribution in [3.63, 3.8) is 0 Å². The van der Waals surface area contributed by atoms with Gasteiger partial charge in [-0.25, -0.2) is 4.79 Å². The zero-order valence-corrected chi connectivity index (χ0v) is 7.57. The number of hydrogen-bond donors (Lipinski definition) is 2. The molecule has 6 heteroatoms. The highest BCUT2D eigenvalue weighted by molar-refractivity contribution is 6.00. The van der Waals surface area contributed by atoms with Crippen LogP contribution in [0.15, 0.2) is 0 Å². The first-order valence-electron chi connectivity index (χ1n) is 4.13. The maximum Gasteiger partial charge on any atom is 0.325 e. The third-order valence-electron chi connectivity index (χ3n) is 2.52. The molecule has 2 unspecified atom stereocenters. The molecule has 2 saturated heterocycles. The molecule has 2 rings (SSSR count). The summed E-state index contributed by atoms with van der Waals surface area (Å²) < 4.78 is 0.